The van der Waals surface area contributed by atoms with Gasteiger partial charge in [0, 0.05) is 0 Å². The lowest BCUT2D eigenvalue weighted by molar-refractivity contribution is 1.05. The lowest BCUT2D eigenvalue weighted by Crippen LogP contribution is -2.01. The van der Waals surface area contributed by atoms with Gasteiger partial charge in [-0.3, -0.25) is 0 Å². The second-order valence-corrected chi connectivity index (χ2v) is 4.99. The van der Waals surface area contributed by atoms with Crippen LogP contribution in [0.25, 0.3) is 11.1 Å². The van der Waals surface area contributed by atoms with Crippen molar-refractivity contribution in [2.75, 3.05) is 0 Å². The van der Waals surface area contributed by atoms with Crippen molar-refractivity contribution in [2.45, 2.75) is 12.8 Å². The van der Waals surface area contributed by atoms with E-state index in [9.17, 15) is 0 Å². The number of rotatable bonds is 2. The second kappa shape index (κ2) is 5.32. The van der Waals surface area contributed by atoms with E-state index < -0.39 is 0 Å². The van der Waals surface area contributed by atoms with Gasteiger partial charge in [-0.05, 0) is 35.1 Å². The van der Waals surface area contributed by atoms with Crippen LogP contribution in [0.15, 0.2) is 72.2 Å². The Morgan fingerprint density at radius 3 is 1.95 bits per heavy atom. The standard InChI is InChI=1S/C18H17B/c19-18-16(14-8-3-1-4-9-14)12-7-13-17(18)15-10-5-2-6-11-15/h1-6,8-12H,7,13,19H2. The average molecular weight is 244 g/mol. The topological polar surface area (TPSA) is 0 Å². The third-order valence-electron chi connectivity index (χ3n) is 3.81. The van der Waals surface area contributed by atoms with Crippen molar-refractivity contribution in [1.82, 2.24) is 0 Å². The van der Waals surface area contributed by atoms with Crippen LogP contribution in [-0.2, 0) is 0 Å². The zero-order valence-corrected chi connectivity index (χ0v) is 11.3. The van der Waals surface area contributed by atoms with Crippen LogP contribution in [0.3, 0.4) is 0 Å². The van der Waals surface area contributed by atoms with Gasteiger partial charge in [0.25, 0.3) is 0 Å². The summed E-state index contributed by atoms with van der Waals surface area (Å²) < 4.78 is 0. The van der Waals surface area contributed by atoms with Gasteiger partial charge in [-0.25, -0.2) is 0 Å². The summed E-state index contributed by atoms with van der Waals surface area (Å²) >= 11 is 0. The van der Waals surface area contributed by atoms with Gasteiger partial charge in [-0.1, -0.05) is 72.2 Å². The number of benzene rings is 2. The first kappa shape index (κ1) is 12.0. The second-order valence-electron chi connectivity index (χ2n) is 4.99. The molecule has 1 heteroatoms. The molecule has 0 amide bonds. The Hall–Kier alpha value is -2.02. The van der Waals surface area contributed by atoms with Gasteiger partial charge < -0.3 is 0 Å². The Bertz CT molecular complexity index is 621. The highest BCUT2D eigenvalue weighted by atomic mass is 14.2. The van der Waals surface area contributed by atoms with Crippen LogP contribution in [0.5, 0.6) is 0 Å². The number of hydrogen-bond donors (Lipinski definition) is 0. The summed E-state index contributed by atoms with van der Waals surface area (Å²) in [4.78, 5) is 0. The van der Waals surface area contributed by atoms with Gasteiger partial charge in [0.2, 0.25) is 0 Å². The third-order valence-corrected chi connectivity index (χ3v) is 3.81. The van der Waals surface area contributed by atoms with E-state index in [-0.39, 0.29) is 0 Å². The SMILES string of the molecule is BC1=C(c2ccccc2)CCC=C1c1ccccc1. The molecule has 0 fully saturated rings. The molecule has 0 spiro atoms. The minimum absolute atomic E-state index is 1.13. The Kier molecular flexibility index (Phi) is 3.37. The molecular formula is C18H17B. The summed E-state index contributed by atoms with van der Waals surface area (Å²) in [7, 11) is 2.25. The molecule has 0 N–H and O–H groups in total. The lowest BCUT2D eigenvalue weighted by Gasteiger charge is -2.20. The molecule has 3 rings (SSSR count). The minimum atomic E-state index is 1.13. The van der Waals surface area contributed by atoms with Gasteiger partial charge >= 0.3 is 0 Å². The zero-order valence-electron chi connectivity index (χ0n) is 11.3. The van der Waals surface area contributed by atoms with Gasteiger partial charge in [0.15, 0.2) is 0 Å². The van der Waals surface area contributed by atoms with Crippen molar-refractivity contribution in [3.8, 4) is 0 Å². The monoisotopic (exact) mass is 244 g/mol. The number of hydrogen-bond acceptors (Lipinski definition) is 0. The number of allylic oxidation sites excluding steroid dienone is 4. The fourth-order valence-electron chi connectivity index (χ4n) is 2.82. The predicted molar refractivity (Wildman–Crippen MR) is 85.6 cm³/mol. The fraction of sp³-hybridized carbons (Fsp3) is 0.111. The summed E-state index contributed by atoms with van der Waals surface area (Å²) in [5.41, 5.74) is 6.99. The van der Waals surface area contributed by atoms with E-state index in [1.807, 2.05) is 0 Å². The summed E-state index contributed by atoms with van der Waals surface area (Å²) in [6.07, 6.45) is 4.65. The van der Waals surface area contributed by atoms with E-state index in [2.05, 4.69) is 74.6 Å². The van der Waals surface area contributed by atoms with E-state index in [0.29, 0.717) is 0 Å². The third kappa shape index (κ3) is 2.41. The summed E-state index contributed by atoms with van der Waals surface area (Å²) in [5, 5.41) is 0. The molecule has 92 valence electrons. The molecule has 2 aromatic carbocycles. The van der Waals surface area contributed by atoms with Crippen LogP contribution in [-0.4, -0.2) is 7.85 Å². The molecule has 0 saturated heterocycles. The van der Waals surface area contributed by atoms with E-state index in [0.717, 1.165) is 12.8 Å². The molecule has 0 radical (unpaired) electrons. The molecule has 0 unspecified atom stereocenters. The van der Waals surface area contributed by atoms with Crippen molar-refractivity contribution in [1.29, 1.82) is 0 Å². The van der Waals surface area contributed by atoms with Crippen molar-refractivity contribution in [2.24, 2.45) is 0 Å². The van der Waals surface area contributed by atoms with Gasteiger partial charge in [0.05, 0.1) is 0 Å². The maximum atomic E-state index is 2.37. The molecule has 1 aliphatic carbocycles. The Balaban J connectivity index is 2.05. The predicted octanol–water partition coefficient (Wildman–Crippen LogP) is 3.91. The van der Waals surface area contributed by atoms with Gasteiger partial charge in [-0.2, -0.15) is 0 Å². The molecule has 0 bridgehead atoms. The molecule has 0 heterocycles. The molecule has 0 nitrogen and oxygen atoms in total. The highest BCUT2D eigenvalue weighted by Gasteiger charge is 2.14. The molecule has 1 aliphatic rings. The summed E-state index contributed by atoms with van der Waals surface area (Å²) in [6, 6.07) is 21.4. The van der Waals surface area contributed by atoms with E-state index in [4.69, 9.17) is 0 Å². The van der Waals surface area contributed by atoms with Crippen LogP contribution < -0.4 is 0 Å². The molecule has 0 atom stereocenters. The van der Waals surface area contributed by atoms with Crippen LogP contribution in [0.1, 0.15) is 24.0 Å². The summed E-state index contributed by atoms with van der Waals surface area (Å²) in [5.74, 6) is 0. The Morgan fingerprint density at radius 1 is 0.737 bits per heavy atom. The highest BCUT2D eigenvalue weighted by Crippen LogP contribution is 2.35. The first-order chi connectivity index (χ1) is 9.36. The zero-order chi connectivity index (χ0) is 13.1. The van der Waals surface area contributed by atoms with Crippen molar-refractivity contribution < 1.29 is 0 Å². The van der Waals surface area contributed by atoms with Gasteiger partial charge in [-0.15, -0.1) is 0 Å². The van der Waals surface area contributed by atoms with Crippen molar-refractivity contribution in [3.63, 3.8) is 0 Å². The molecule has 0 aliphatic heterocycles. The van der Waals surface area contributed by atoms with Crippen molar-refractivity contribution in [3.05, 3.63) is 83.3 Å². The highest BCUT2D eigenvalue weighted by molar-refractivity contribution is 6.34. The first-order valence-electron chi connectivity index (χ1n) is 6.87. The van der Waals surface area contributed by atoms with Crippen LogP contribution >= 0.6 is 0 Å². The molecule has 2 aromatic rings. The lowest BCUT2D eigenvalue weighted by atomic mass is 9.74. The van der Waals surface area contributed by atoms with E-state index >= 15 is 0 Å². The van der Waals surface area contributed by atoms with E-state index in [1.54, 1.807) is 0 Å². The quantitative estimate of drug-likeness (QED) is 0.702. The normalized spacial score (nSPS) is 15.3. The van der Waals surface area contributed by atoms with Crippen molar-refractivity contribution >= 4 is 19.0 Å². The summed E-state index contributed by atoms with van der Waals surface area (Å²) in [6.45, 7) is 0. The maximum Gasteiger partial charge on any atom is 0.140 e. The first-order valence-corrected chi connectivity index (χ1v) is 6.87. The van der Waals surface area contributed by atoms with Crippen LogP contribution in [0.4, 0.5) is 0 Å². The Morgan fingerprint density at radius 2 is 1.32 bits per heavy atom. The minimum Gasteiger partial charge on any atom is -0.0779 e. The molecule has 19 heavy (non-hydrogen) atoms. The largest absolute Gasteiger partial charge is 0.140 e. The van der Waals surface area contributed by atoms with E-state index in [1.165, 1.54) is 27.7 Å². The molecule has 0 aromatic heterocycles. The molecular weight excluding hydrogens is 227 g/mol. The van der Waals surface area contributed by atoms with Gasteiger partial charge in [0.1, 0.15) is 7.85 Å². The fourth-order valence-corrected chi connectivity index (χ4v) is 2.82. The maximum absolute atomic E-state index is 2.37. The Labute approximate surface area is 115 Å². The van der Waals surface area contributed by atoms with Crippen LogP contribution in [0.2, 0.25) is 0 Å². The average Bonchev–Trinajstić information content (AvgIpc) is 2.49. The smallest absolute Gasteiger partial charge is 0.0779 e. The molecule has 0 saturated carbocycles. The van der Waals surface area contributed by atoms with Crippen LogP contribution in [0, 0.1) is 0 Å².